The lowest BCUT2D eigenvalue weighted by Gasteiger charge is -2.47. The summed E-state index contributed by atoms with van der Waals surface area (Å²) in [7, 11) is 0. The fraction of sp³-hybridized carbons (Fsp3) is 1.00. The topological polar surface area (TPSA) is 269 Å². The Morgan fingerprint density at radius 2 is 0.853 bits per heavy atom. The molecular weight excluding hydrogens is 472 g/mol. The molecule has 0 aromatic rings. The zero-order valence-electron chi connectivity index (χ0n) is 17.7. The van der Waals surface area contributed by atoms with Gasteiger partial charge < -0.3 is 79.9 Å². The van der Waals surface area contributed by atoms with Crippen molar-refractivity contribution in [3.05, 3.63) is 0 Å². The van der Waals surface area contributed by atoms with E-state index >= 15 is 0 Å². The average Bonchev–Trinajstić information content (AvgIpc) is 2.83. The lowest BCUT2D eigenvalue weighted by atomic mass is 9.96. The number of aliphatic hydroxyl groups is 11. The van der Waals surface area contributed by atoms with E-state index in [4.69, 9.17) is 23.7 Å². The maximum atomic E-state index is 10.6. The molecule has 0 bridgehead atoms. The zero-order chi connectivity index (χ0) is 25.3. The van der Waals surface area contributed by atoms with Crippen LogP contribution in [0.3, 0.4) is 0 Å². The first-order chi connectivity index (χ1) is 16.0. The highest BCUT2D eigenvalue weighted by molar-refractivity contribution is 4.96. The van der Waals surface area contributed by atoms with Crippen LogP contribution < -0.4 is 0 Å². The minimum Gasteiger partial charge on any atom is -0.394 e. The predicted molar refractivity (Wildman–Crippen MR) is 101 cm³/mol. The largest absolute Gasteiger partial charge is 0.394 e. The van der Waals surface area contributed by atoms with Gasteiger partial charge in [0, 0.05) is 0 Å². The van der Waals surface area contributed by atoms with Gasteiger partial charge in [0.1, 0.15) is 73.2 Å². The van der Waals surface area contributed by atoms with E-state index in [-0.39, 0.29) is 0 Å². The number of aliphatic hydroxyl groups excluding tert-OH is 11. The molecule has 0 spiro atoms. The van der Waals surface area contributed by atoms with Crippen LogP contribution in [0.4, 0.5) is 0 Å². The molecule has 16 nitrogen and oxygen atoms in total. The summed E-state index contributed by atoms with van der Waals surface area (Å²) < 4.78 is 26.4. The van der Waals surface area contributed by atoms with Crippen LogP contribution in [0, 0.1) is 0 Å². The standard InChI is InChI=1S/C18H32O16/c19-1-4-7(22)8(23)12(27)17(31-4)34-15-6(3-21)32-18(13(28)10(15)25)33-14-5(2-20)30-16(29)11(26)9(14)24/h4-29H,1-3H2/t4?,5?,6?,7-,8?,9?,10?,11+,12+,13+,14-,15-,16?,17+,18?/m1/s1. The second-order valence-electron chi connectivity index (χ2n) is 8.33. The lowest BCUT2D eigenvalue weighted by molar-refractivity contribution is -0.377. The Hall–Kier alpha value is -0.640. The van der Waals surface area contributed by atoms with Gasteiger partial charge in [-0.3, -0.25) is 0 Å². The number of hydrogen-bond acceptors (Lipinski definition) is 16. The summed E-state index contributed by atoms with van der Waals surface area (Å²) in [4.78, 5) is 0. The summed E-state index contributed by atoms with van der Waals surface area (Å²) >= 11 is 0. The molecule has 15 atom stereocenters. The van der Waals surface area contributed by atoms with Gasteiger partial charge in [-0.1, -0.05) is 0 Å². The van der Waals surface area contributed by atoms with E-state index in [0.29, 0.717) is 0 Å². The van der Waals surface area contributed by atoms with Crippen LogP contribution in [0.15, 0.2) is 0 Å². The van der Waals surface area contributed by atoms with Crippen LogP contribution in [0.5, 0.6) is 0 Å². The van der Waals surface area contributed by atoms with Crippen LogP contribution in [0.25, 0.3) is 0 Å². The van der Waals surface area contributed by atoms with Crippen molar-refractivity contribution >= 4 is 0 Å². The Morgan fingerprint density at radius 3 is 1.35 bits per heavy atom. The van der Waals surface area contributed by atoms with Crippen LogP contribution >= 0.6 is 0 Å². The third-order valence-electron chi connectivity index (χ3n) is 6.09. The Morgan fingerprint density at radius 1 is 0.441 bits per heavy atom. The molecule has 3 aliphatic rings. The van der Waals surface area contributed by atoms with Gasteiger partial charge in [-0.15, -0.1) is 0 Å². The highest BCUT2D eigenvalue weighted by atomic mass is 16.8. The zero-order valence-corrected chi connectivity index (χ0v) is 17.7. The normalized spacial score (nSPS) is 52.5. The van der Waals surface area contributed by atoms with Crippen LogP contribution in [-0.4, -0.2) is 168 Å². The molecule has 8 unspecified atom stereocenters. The maximum Gasteiger partial charge on any atom is 0.187 e. The third kappa shape index (κ3) is 5.37. The Labute approximate surface area is 192 Å². The molecule has 3 heterocycles. The van der Waals surface area contributed by atoms with E-state index in [1.807, 2.05) is 0 Å². The van der Waals surface area contributed by atoms with Crippen molar-refractivity contribution in [2.24, 2.45) is 0 Å². The second kappa shape index (κ2) is 11.6. The van der Waals surface area contributed by atoms with E-state index in [0.717, 1.165) is 0 Å². The van der Waals surface area contributed by atoms with Gasteiger partial charge in [0.25, 0.3) is 0 Å². The molecule has 3 aliphatic heterocycles. The molecule has 3 fully saturated rings. The Balaban J connectivity index is 1.72. The molecule has 0 aliphatic carbocycles. The highest BCUT2D eigenvalue weighted by Crippen LogP contribution is 2.32. The molecule has 0 amide bonds. The second-order valence-corrected chi connectivity index (χ2v) is 8.33. The summed E-state index contributed by atoms with van der Waals surface area (Å²) in [6, 6.07) is 0. The van der Waals surface area contributed by atoms with Crippen molar-refractivity contribution in [1.82, 2.24) is 0 Å². The predicted octanol–water partition coefficient (Wildman–Crippen LogP) is -7.57. The molecule has 16 heteroatoms. The van der Waals surface area contributed by atoms with Crippen molar-refractivity contribution in [2.45, 2.75) is 92.1 Å². The molecule has 0 saturated carbocycles. The fourth-order valence-electron chi connectivity index (χ4n) is 4.06. The minimum atomic E-state index is -1.91. The summed E-state index contributed by atoms with van der Waals surface area (Å²) in [5, 5.41) is 109. The summed E-state index contributed by atoms with van der Waals surface area (Å²) in [6.45, 7) is -2.32. The van der Waals surface area contributed by atoms with E-state index in [1.165, 1.54) is 0 Å². The van der Waals surface area contributed by atoms with Gasteiger partial charge in [0.2, 0.25) is 0 Å². The van der Waals surface area contributed by atoms with E-state index in [9.17, 15) is 56.2 Å². The quantitative estimate of drug-likeness (QED) is 0.154. The molecule has 200 valence electrons. The first kappa shape index (κ1) is 27.9. The van der Waals surface area contributed by atoms with Gasteiger partial charge in [-0.05, 0) is 0 Å². The Kier molecular flexibility index (Phi) is 9.54. The van der Waals surface area contributed by atoms with Gasteiger partial charge >= 0.3 is 0 Å². The maximum absolute atomic E-state index is 10.6. The molecule has 34 heavy (non-hydrogen) atoms. The number of rotatable bonds is 7. The molecule has 0 aromatic heterocycles. The fourth-order valence-corrected chi connectivity index (χ4v) is 4.06. The minimum absolute atomic E-state index is 0.741. The third-order valence-corrected chi connectivity index (χ3v) is 6.09. The van der Waals surface area contributed by atoms with Crippen molar-refractivity contribution in [3.8, 4) is 0 Å². The number of hydrogen-bond donors (Lipinski definition) is 11. The molecule has 3 rings (SSSR count). The molecule has 0 radical (unpaired) electrons. The summed E-state index contributed by atoms with van der Waals surface area (Å²) in [6.07, 6.45) is -25.1. The van der Waals surface area contributed by atoms with Gasteiger partial charge in [0.15, 0.2) is 18.9 Å². The van der Waals surface area contributed by atoms with Gasteiger partial charge in [-0.25, -0.2) is 0 Å². The first-order valence-electron chi connectivity index (χ1n) is 10.6. The van der Waals surface area contributed by atoms with Crippen molar-refractivity contribution in [3.63, 3.8) is 0 Å². The van der Waals surface area contributed by atoms with Crippen LogP contribution in [0.2, 0.25) is 0 Å². The molecule has 3 saturated heterocycles. The first-order valence-corrected chi connectivity index (χ1v) is 10.6. The Bertz CT molecular complexity index is 635. The van der Waals surface area contributed by atoms with E-state index < -0.39 is 112 Å². The molecule has 0 aromatic carbocycles. The lowest BCUT2D eigenvalue weighted by Crippen LogP contribution is -2.66. The van der Waals surface area contributed by atoms with Crippen molar-refractivity contribution in [1.29, 1.82) is 0 Å². The smallest absolute Gasteiger partial charge is 0.187 e. The molecule has 11 N–H and O–H groups in total. The SMILES string of the molecule is OCC1O[C@@H](O[C@@H]2C(CO)OC(O[C@@H]3C(CO)OC(O)[C@@H](O)C3O)[C@@H](O)C2O)[C@@H](O)C(O)[C@@H]1O. The van der Waals surface area contributed by atoms with Crippen molar-refractivity contribution in [2.75, 3.05) is 19.8 Å². The summed E-state index contributed by atoms with van der Waals surface area (Å²) in [5.74, 6) is 0. The van der Waals surface area contributed by atoms with E-state index in [2.05, 4.69) is 0 Å². The van der Waals surface area contributed by atoms with Crippen LogP contribution in [0.1, 0.15) is 0 Å². The van der Waals surface area contributed by atoms with Crippen LogP contribution in [-0.2, 0) is 23.7 Å². The average molecular weight is 504 g/mol. The number of ether oxygens (including phenoxy) is 5. The summed E-state index contributed by atoms with van der Waals surface area (Å²) in [5.41, 5.74) is 0. The molecular formula is C18H32O16. The van der Waals surface area contributed by atoms with Crippen molar-refractivity contribution < 1.29 is 79.9 Å². The van der Waals surface area contributed by atoms with Gasteiger partial charge in [-0.2, -0.15) is 0 Å². The monoisotopic (exact) mass is 504 g/mol. The van der Waals surface area contributed by atoms with Gasteiger partial charge in [0.05, 0.1) is 19.8 Å². The van der Waals surface area contributed by atoms with E-state index in [1.54, 1.807) is 0 Å². The highest BCUT2D eigenvalue weighted by Gasteiger charge is 2.53.